The fourth-order valence-corrected chi connectivity index (χ4v) is 3.34. The SMILES string of the molecule is O=C(C=Cc1ccccc1OC(F)F)NC(c1ccc2c(c1)OCCO2)C1CC1. The first kappa shape index (κ1) is 19.2. The Labute approximate surface area is 167 Å². The van der Waals surface area contributed by atoms with Gasteiger partial charge in [-0.25, -0.2) is 0 Å². The van der Waals surface area contributed by atoms with Crippen molar-refractivity contribution in [1.82, 2.24) is 5.32 Å². The van der Waals surface area contributed by atoms with Gasteiger partial charge in [0.2, 0.25) is 5.91 Å². The molecular weight excluding hydrogens is 380 g/mol. The van der Waals surface area contributed by atoms with Gasteiger partial charge in [0.05, 0.1) is 6.04 Å². The number of amides is 1. The predicted octanol–water partition coefficient (Wildman–Crippen LogP) is 4.34. The number of hydrogen-bond acceptors (Lipinski definition) is 4. The summed E-state index contributed by atoms with van der Waals surface area (Å²) in [7, 11) is 0. The number of carbonyl (C=O) groups excluding carboxylic acids is 1. The van der Waals surface area contributed by atoms with E-state index in [0.29, 0.717) is 36.2 Å². The van der Waals surface area contributed by atoms with Gasteiger partial charge in [-0.2, -0.15) is 8.78 Å². The largest absolute Gasteiger partial charge is 0.486 e. The molecule has 4 rings (SSSR count). The number of ether oxygens (including phenoxy) is 3. The topological polar surface area (TPSA) is 56.8 Å². The van der Waals surface area contributed by atoms with E-state index >= 15 is 0 Å². The smallest absolute Gasteiger partial charge is 0.387 e. The quantitative estimate of drug-likeness (QED) is 0.702. The maximum absolute atomic E-state index is 12.5. The lowest BCUT2D eigenvalue weighted by Gasteiger charge is -2.22. The Kier molecular flexibility index (Phi) is 5.64. The molecule has 0 aromatic heterocycles. The Morgan fingerprint density at radius 1 is 1.10 bits per heavy atom. The molecule has 1 fully saturated rings. The summed E-state index contributed by atoms with van der Waals surface area (Å²) in [5, 5.41) is 3.02. The number of para-hydroxylation sites is 1. The van der Waals surface area contributed by atoms with Gasteiger partial charge < -0.3 is 19.5 Å². The first-order valence-corrected chi connectivity index (χ1v) is 9.52. The van der Waals surface area contributed by atoms with Crippen molar-refractivity contribution in [3.05, 3.63) is 59.7 Å². The zero-order valence-electron chi connectivity index (χ0n) is 15.6. The predicted molar refractivity (Wildman–Crippen MR) is 103 cm³/mol. The summed E-state index contributed by atoms with van der Waals surface area (Å²) in [6.45, 7) is -1.90. The summed E-state index contributed by atoms with van der Waals surface area (Å²) < 4.78 is 40.7. The minimum Gasteiger partial charge on any atom is -0.486 e. The van der Waals surface area contributed by atoms with Gasteiger partial charge in [-0.15, -0.1) is 0 Å². The van der Waals surface area contributed by atoms with Crippen LogP contribution in [0.1, 0.15) is 30.0 Å². The molecule has 0 spiro atoms. The average molecular weight is 401 g/mol. The number of benzene rings is 2. The van der Waals surface area contributed by atoms with Crippen LogP contribution in [-0.4, -0.2) is 25.7 Å². The number of alkyl halides is 2. The molecule has 1 aliphatic heterocycles. The van der Waals surface area contributed by atoms with Crippen molar-refractivity contribution in [3.8, 4) is 17.2 Å². The van der Waals surface area contributed by atoms with E-state index in [2.05, 4.69) is 10.1 Å². The van der Waals surface area contributed by atoms with Gasteiger partial charge in [-0.1, -0.05) is 24.3 Å². The van der Waals surface area contributed by atoms with Gasteiger partial charge in [0.25, 0.3) is 0 Å². The van der Waals surface area contributed by atoms with Crippen LogP contribution in [0.25, 0.3) is 6.08 Å². The van der Waals surface area contributed by atoms with Crippen LogP contribution < -0.4 is 19.5 Å². The number of nitrogens with one attached hydrogen (secondary N) is 1. The summed E-state index contributed by atoms with van der Waals surface area (Å²) in [4.78, 5) is 12.5. The van der Waals surface area contributed by atoms with Gasteiger partial charge in [0.1, 0.15) is 19.0 Å². The lowest BCUT2D eigenvalue weighted by Crippen LogP contribution is -2.28. The highest BCUT2D eigenvalue weighted by atomic mass is 19.3. The second-order valence-corrected chi connectivity index (χ2v) is 6.98. The summed E-state index contributed by atoms with van der Waals surface area (Å²) in [6.07, 6.45) is 4.88. The molecule has 2 aliphatic rings. The molecule has 0 radical (unpaired) electrons. The van der Waals surface area contributed by atoms with E-state index in [1.165, 1.54) is 18.2 Å². The minimum absolute atomic E-state index is 0.0251. The van der Waals surface area contributed by atoms with Gasteiger partial charge >= 0.3 is 6.61 Å². The normalized spacial score (nSPS) is 16.7. The van der Waals surface area contributed by atoms with E-state index < -0.39 is 6.61 Å². The lowest BCUT2D eigenvalue weighted by molar-refractivity contribution is -0.117. The molecule has 1 N–H and O–H groups in total. The first-order chi connectivity index (χ1) is 14.1. The molecule has 2 aromatic carbocycles. The van der Waals surface area contributed by atoms with E-state index in [1.54, 1.807) is 18.2 Å². The van der Waals surface area contributed by atoms with Gasteiger partial charge in [0, 0.05) is 11.6 Å². The van der Waals surface area contributed by atoms with Crippen LogP contribution >= 0.6 is 0 Å². The molecule has 1 amide bonds. The molecule has 1 saturated carbocycles. The Morgan fingerprint density at radius 3 is 2.62 bits per heavy atom. The number of halogens is 2. The fraction of sp³-hybridized carbons (Fsp3) is 0.318. The zero-order chi connectivity index (χ0) is 20.2. The summed E-state index contributed by atoms with van der Waals surface area (Å²) in [5.41, 5.74) is 1.37. The molecule has 1 aliphatic carbocycles. The highest BCUT2D eigenvalue weighted by molar-refractivity contribution is 5.92. The Hall–Kier alpha value is -3.09. The van der Waals surface area contributed by atoms with Crippen molar-refractivity contribution in [1.29, 1.82) is 0 Å². The molecule has 7 heteroatoms. The number of rotatable bonds is 7. The third-order valence-corrected chi connectivity index (χ3v) is 4.87. The fourth-order valence-electron chi connectivity index (χ4n) is 3.34. The van der Waals surface area contributed by atoms with Crippen LogP contribution in [0.15, 0.2) is 48.5 Å². The van der Waals surface area contributed by atoms with E-state index in [9.17, 15) is 13.6 Å². The second kappa shape index (κ2) is 8.51. The number of carbonyl (C=O) groups is 1. The summed E-state index contributed by atoms with van der Waals surface area (Å²) >= 11 is 0. The van der Waals surface area contributed by atoms with Crippen molar-refractivity contribution in [3.63, 3.8) is 0 Å². The maximum atomic E-state index is 12.5. The molecule has 0 bridgehead atoms. The first-order valence-electron chi connectivity index (χ1n) is 9.52. The van der Waals surface area contributed by atoms with Gasteiger partial charge in [0.15, 0.2) is 11.5 Å². The number of hydrogen-bond donors (Lipinski definition) is 1. The molecule has 1 heterocycles. The molecule has 1 atom stereocenters. The molecule has 5 nitrogen and oxygen atoms in total. The van der Waals surface area contributed by atoms with Gasteiger partial charge in [-0.05, 0) is 48.6 Å². The highest BCUT2D eigenvalue weighted by Gasteiger charge is 2.33. The third-order valence-electron chi connectivity index (χ3n) is 4.87. The minimum atomic E-state index is -2.92. The second-order valence-electron chi connectivity index (χ2n) is 6.98. The van der Waals surface area contributed by atoms with Crippen molar-refractivity contribution < 1.29 is 27.8 Å². The Bertz CT molecular complexity index is 911. The van der Waals surface area contributed by atoms with Crippen molar-refractivity contribution >= 4 is 12.0 Å². The zero-order valence-corrected chi connectivity index (χ0v) is 15.6. The Morgan fingerprint density at radius 2 is 1.86 bits per heavy atom. The molecule has 2 aromatic rings. The standard InChI is InChI=1S/C22H21F2NO4/c23-22(24)29-17-4-2-1-3-14(17)8-10-20(26)25-21(15-5-6-15)16-7-9-18-19(13-16)28-12-11-27-18/h1-4,7-10,13,15,21-22H,5-6,11-12H2,(H,25,26). The van der Waals surface area contributed by atoms with Crippen LogP contribution in [0.3, 0.4) is 0 Å². The van der Waals surface area contributed by atoms with E-state index in [0.717, 1.165) is 18.4 Å². The summed E-state index contributed by atoms with van der Waals surface area (Å²) in [5.74, 6) is 1.48. The van der Waals surface area contributed by atoms with Gasteiger partial charge in [-0.3, -0.25) is 4.79 Å². The van der Waals surface area contributed by atoms with Crippen LogP contribution in [-0.2, 0) is 4.79 Å². The highest BCUT2D eigenvalue weighted by Crippen LogP contribution is 2.43. The van der Waals surface area contributed by atoms with Crippen LogP contribution in [0.4, 0.5) is 8.78 Å². The lowest BCUT2D eigenvalue weighted by atomic mass is 10.0. The number of fused-ring (bicyclic) bond motifs is 1. The van der Waals surface area contributed by atoms with E-state index in [1.807, 2.05) is 18.2 Å². The molecular formula is C22H21F2NO4. The van der Waals surface area contributed by atoms with Crippen molar-refractivity contribution in [2.75, 3.05) is 13.2 Å². The van der Waals surface area contributed by atoms with Crippen LogP contribution in [0, 0.1) is 5.92 Å². The molecule has 29 heavy (non-hydrogen) atoms. The van der Waals surface area contributed by atoms with E-state index in [4.69, 9.17) is 9.47 Å². The molecule has 1 unspecified atom stereocenters. The third kappa shape index (κ3) is 4.85. The monoisotopic (exact) mass is 401 g/mol. The van der Waals surface area contributed by atoms with E-state index in [-0.39, 0.29) is 17.7 Å². The molecule has 152 valence electrons. The van der Waals surface area contributed by atoms with Crippen molar-refractivity contribution in [2.24, 2.45) is 5.92 Å². The van der Waals surface area contributed by atoms with Crippen LogP contribution in [0.2, 0.25) is 0 Å². The van der Waals surface area contributed by atoms with Crippen LogP contribution in [0.5, 0.6) is 17.2 Å². The molecule has 0 saturated heterocycles. The Balaban J connectivity index is 1.47. The average Bonchev–Trinajstić information content (AvgIpc) is 3.56. The maximum Gasteiger partial charge on any atom is 0.387 e. The van der Waals surface area contributed by atoms with Crippen molar-refractivity contribution in [2.45, 2.75) is 25.5 Å². The summed E-state index contributed by atoms with van der Waals surface area (Å²) in [6, 6.07) is 11.9.